The first-order chi connectivity index (χ1) is 7.65. The van der Waals surface area contributed by atoms with Crippen molar-refractivity contribution < 1.29 is 5.11 Å². The molecule has 16 heavy (non-hydrogen) atoms. The topological polar surface area (TPSA) is 47.3 Å². The second-order valence-corrected chi connectivity index (χ2v) is 4.08. The monoisotopic (exact) mass is 218 g/mol. The van der Waals surface area contributed by atoms with Crippen LogP contribution in [-0.4, -0.2) is 29.6 Å². The lowest BCUT2D eigenvalue weighted by Gasteiger charge is -2.25. The minimum absolute atomic E-state index is 0.170. The Morgan fingerprint density at radius 3 is 2.56 bits per heavy atom. The quantitative estimate of drug-likeness (QED) is 0.821. The highest BCUT2D eigenvalue weighted by Gasteiger charge is 2.14. The molecule has 86 valence electrons. The van der Waals surface area contributed by atoms with Gasteiger partial charge in [0.05, 0.1) is 18.6 Å². The molecule has 0 bridgehead atoms. The summed E-state index contributed by atoms with van der Waals surface area (Å²) in [6.45, 7) is 2.54. The Labute approximate surface area is 96.9 Å². The van der Waals surface area contributed by atoms with Gasteiger partial charge in [-0.2, -0.15) is 5.26 Å². The molecule has 2 unspecified atom stereocenters. The van der Waals surface area contributed by atoms with E-state index in [1.807, 2.05) is 49.2 Å². The van der Waals surface area contributed by atoms with Crippen molar-refractivity contribution in [2.45, 2.75) is 25.5 Å². The number of aliphatic hydroxyl groups is 1. The number of benzene rings is 1. The molecule has 3 heteroatoms. The molecule has 1 aromatic rings. The maximum absolute atomic E-state index is 9.98. The highest BCUT2D eigenvalue weighted by Crippen LogP contribution is 2.14. The summed E-state index contributed by atoms with van der Waals surface area (Å²) < 4.78 is 0. The molecule has 0 heterocycles. The number of hydrogen-bond donors (Lipinski definition) is 1. The van der Waals surface area contributed by atoms with Crippen LogP contribution in [0.5, 0.6) is 0 Å². The summed E-state index contributed by atoms with van der Waals surface area (Å²) in [5, 5.41) is 18.6. The molecule has 0 aliphatic heterocycles. The van der Waals surface area contributed by atoms with Gasteiger partial charge in [-0.25, -0.2) is 0 Å². The molecule has 2 atom stereocenters. The van der Waals surface area contributed by atoms with Crippen LogP contribution in [-0.2, 0) is 0 Å². The molecule has 0 saturated heterocycles. The molecule has 0 aromatic heterocycles. The standard InChI is InChI=1S/C13H18N2O/c1-11(8-9-14)15(2)10-13(16)12-6-4-3-5-7-12/h3-7,11,13,16H,8,10H2,1-2H3. The van der Waals surface area contributed by atoms with Crippen LogP contribution in [0.2, 0.25) is 0 Å². The third kappa shape index (κ3) is 3.65. The summed E-state index contributed by atoms with van der Waals surface area (Å²) in [5.74, 6) is 0. The molecular weight excluding hydrogens is 200 g/mol. The van der Waals surface area contributed by atoms with Crippen LogP contribution in [0.3, 0.4) is 0 Å². The van der Waals surface area contributed by atoms with Crippen molar-refractivity contribution in [3.63, 3.8) is 0 Å². The van der Waals surface area contributed by atoms with E-state index in [1.165, 1.54) is 0 Å². The van der Waals surface area contributed by atoms with Crippen LogP contribution < -0.4 is 0 Å². The van der Waals surface area contributed by atoms with E-state index in [0.29, 0.717) is 13.0 Å². The Kier molecular flexibility index (Phi) is 4.97. The third-order valence-corrected chi connectivity index (χ3v) is 2.78. The van der Waals surface area contributed by atoms with E-state index in [-0.39, 0.29) is 6.04 Å². The first-order valence-corrected chi connectivity index (χ1v) is 5.45. The maximum atomic E-state index is 9.98. The predicted octanol–water partition coefficient (Wildman–Crippen LogP) is 1.95. The van der Waals surface area contributed by atoms with Crippen molar-refractivity contribution in [2.24, 2.45) is 0 Å². The largest absolute Gasteiger partial charge is 0.387 e. The van der Waals surface area contributed by atoms with E-state index in [9.17, 15) is 5.11 Å². The Morgan fingerprint density at radius 1 is 1.38 bits per heavy atom. The molecule has 0 spiro atoms. The van der Waals surface area contributed by atoms with Crippen molar-refractivity contribution in [2.75, 3.05) is 13.6 Å². The molecule has 0 aliphatic carbocycles. The van der Waals surface area contributed by atoms with Gasteiger partial charge in [0.25, 0.3) is 0 Å². The minimum Gasteiger partial charge on any atom is -0.387 e. The van der Waals surface area contributed by atoms with Crippen LogP contribution in [0, 0.1) is 11.3 Å². The van der Waals surface area contributed by atoms with Gasteiger partial charge in [0.2, 0.25) is 0 Å². The molecule has 3 nitrogen and oxygen atoms in total. The summed E-state index contributed by atoms with van der Waals surface area (Å²) in [6.07, 6.45) is -0.00906. The van der Waals surface area contributed by atoms with Crippen LogP contribution in [0.1, 0.15) is 25.0 Å². The summed E-state index contributed by atoms with van der Waals surface area (Å²) >= 11 is 0. The van der Waals surface area contributed by atoms with Gasteiger partial charge < -0.3 is 5.11 Å². The fourth-order valence-electron chi connectivity index (χ4n) is 1.52. The highest BCUT2D eigenvalue weighted by atomic mass is 16.3. The molecule has 0 fully saturated rings. The normalized spacial score (nSPS) is 14.4. The summed E-state index contributed by atoms with van der Waals surface area (Å²) in [7, 11) is 1.92. The predicted molar refractivity (Wildman–Crippen MR) is 63.7 cm³/mol. The smallest absolute Gasteiger partial charge is 0.0916 e. The number of nitrogens with zero attached hydrogens (tertiary/aromatic N) is 2. The lowest BCUT2D eigenvalue weighted by molar-refractivity contribution is 0.109. The molecular formula is C13H18N2O. The molecule has 1 aromatic carbocycles. The van der Waals surface area contributed by atoms with Crippen LogP contribution in [0.25, 0.3) is 0 Å². The summed E-state index contributed by atoms with van der Waals surface area (Å²) in [4.78, 5) is 2.00. The lowest BCUT2D eigenvalue weighted by Crippen LogP contribution is -2.32. The number of aliphatic hydroxyl groups excluding tert-OH is 1. The van der Waals surface area contributed by atoms with Gasteiger partial charge in [0, 0.05) is 12.6 Å². The fraction of sp³-hybridized carbons (Fsp3) is 0.462. The lowest BCUT2D eigenvalue weighted by atomic mass is 10.1. The fourth-order valence-corrected chi connectivity index (χ4v) is 1.52. The van der Waals surface area contributed by atoms with E-state index >= 15 is 0 Å². The van der Waals surface area contributed by atoms with E-state index in [4.69, 9.17) is 5.26 Å². The van der Waals surface area contributed by atoms with Gasteiger partial charge in [-0.05, 0) is 19.5 Å². The van der Waals surface area contributed by atoms with E-state index < -0.39 is 6.10 Å². The van der Waals surface area contributed by atoms with Crippen molar-refractivity contribution in [3.8, 4) is 6.07 Å². The van der Waals surface area contributed by atoms with Crippen molar-refractivity contribution in [3.05, 3.63) is 35.9 Å². The Balaban J connectivity index is 2.52. The van der Waals surface area contributed by atoms with Crippen molar-refractivity contribution in [1.29, 1.82) is 5.26 Å². The van der Waals surface area contributed by atoms with Crippen LogP contribution in [0.15, 0.2) is 30.3 Å². The molecule has 0 amide bonds. The highest BCUT2D eigenvalue weighted by molar-refractivity contribution is 5.17. The van der Waals surface area contributed by atoms with Crippen LogP contribution in [0.4, 0.5) is 0 Å². The zero-order valence-corrected chi connectivity index (χ0v) is 9.80. The van der Waals surface area contributed by atoms with Crippen molar-refractivity contribution in [1.82, 2.24) is 4.90 Å². The van der Waals surface area contributed by atoms with E-state index in [0.717, 1.165) is 5.56 Å². The van der Waals surface area contributed by atoms with Gasteiger partial charge in [-0.1, -0.05) is 30.3 Å². The molecule has 0 radical (unpaired) electrons. The number of rotatable bonds is 5. The van der Waals surface area contributed by atoms with Crippen molar-refractivity contribution >= 4 is 0 Å². The average molecular weight is 218 g/mol. The second-order valence-electron chi connectivity index (χ2n) is 4.08. The first-order valence-electron chi connectivity index (χ1n) is 5.45. The van der Waals surface area contributed by atoms with Gasteiger partial charge in [0.1, 0.15) is 0 Å². The number of hydrogen-bond acceptors (Lipinski definition) is 3. The molecule has 1 rings (SSSR count). The van der Waals surface area contributed by atoms with E-state index in [2.05, 4.69) is 6.07 Å². The third-order valence-electron chi connectivity index (χ3n) is 2.78. The zero-order chi connectivity index (χ0) is 12.0. The minimum atomic E-state index is -0.493. The second kappa shape index (κ2) is 6.26. The van der Waals surface area contributed by atoms with Gasteiger partial charge >= 0.3 is 0 Å². The Bertz CT molecular complexity index is 345. The molecule has 0 saturated carbocycles. The van der Waals surface area contributed by atoms with Gasteiger partial charge in [0.15, 0.2) is 0 Å². The number of nitriles is 1. The first kappa shape index (κ1) is 12.7. The maximum Gasteiger partial charge on any atom is 0.0916 e. The zero-order valence-electron chi connectivity index (χ0n) is 9.80. The van der Waals surface area contributed by atoms with Gasteiger partial charge in [-0.15, -0.1) is 0 Å². The SMILES string of the molecule is CC(CC#N)N(C)CC(O)c1ccccc1. The summed E-state index contributed by atoms with van der Waals surface area (Å²) in [6, 6.07) is 11.9. The van der Waals surface area contributed by atoms with Crippen LogP contribution >= 0.6 is 0 Å². The number of likely N-dealkylation sites (N-methyl/N-ethyl adjacent to an activating group) is 1. The molecule has 0 aliphatic rings. The average Bonchev–Trinajstić information content (AvgIpc) is 2.30. The summed E-state index contributed by atoms with van der Waals surface area (Å²) in [5.41, 5.74) is 0.915. The molecule has 1 N–H and O–H groups in total. The Hall–Kier alpha value is -1.37. The van der Waals surface area contributed by atoms with E-state index in [1.54, 1.807) is 0 Å². The van der Waals surface area contributed by atoms with Gasteiger partial charge in [-0.3, -0.25) is 4.90 Å². The Morgan fingerprint density at radius 2 is 2.00 bits per heavy atom.